The Morgan fingerprint density at radius 1 is 1.22 bits per heavy atom. The van der Waals surface area contributed by atoms with Crippen LogP contribution in [0.1, 0.15) is 25.7 Å². The van der Waals surface area contributed by atoms with Crippen LogP contribution in [0.5, 0.6) is 0 Å². The van der Waals surface area contributed by atoms with Gasteiger partial charge in [-0.3, -0.25) is 0 Å². The molecule has 1 rings (SSSR count). The van der Waals surface area contributed by atoms with E-state index >= 15 is 0 Å². The lowest BCUT2D eigenvalue weighted by atomic mass is 10.3. The van der Waals surface area contributed by atoms with Crippen LogP contribution in [0.25, 0.3) is 0 Å². The van der Waals surface area contributed by atoms with Crippen molar-refractivity contribution in [2.45, 2.75) is 43.3 Å². The Morgan fingerprint density at radius 2 is 1.78 bits per heavy atom. The van der Waals surface area contributed by atoms with Crippen molar-refractivity contribution in [3.8, 4) is 0 Å². The van der Waals surface area contributed by atoms with Gasteiger partial charge in [0.2, 0.25) is 0 Å². The Bertz CT molecular complexity index is 77.0. The summed E-state index contributed by atoms with van der Waals surface area (Å²) in [5.74, 6) is 4.72. The molecule has 0 saturated heterocycles. The Morgan fingerprint density at radius 3 is 2.22 bits per heavy atom. The molecule has 1 nitrogen and oxygen atoms in total. The largest absolute Gasteiger partial charge is 0.396 e. The van der Waals surface area contributed by atoms with E-state index in [2.05, 4.69) is 15.9 Å². The molecule has 0 bridgehead atoms. The highest BCUT2D eigenvalue weighted by molar-refractivity contribution is 6.52. The minimum atomic E-state index is -0.474. The van der Waals surface area contributed by atoms with Gasteiger partial charge < -0.3 is 4.30 Å². The van der Waals surface area contributed by atoms with Gasteiger partial charge in [-0.1, -0.05) is 24.4 Å². The van der Waals surface area contributed by atoms with Gasteiger partial charge in [-0.05, 0) is 18.9 Å². The Hall–Kier alpha value is 0.492. The summed E-state index contributed by atoms with van der Waals surface area (Å²) in [6, 6.07) is 0.900. The van der Waals surface area contributed by atoms with Crippen molar-refractivity contribution in [3.05, 3.63) is 0 Å². The maximum atomic E-state index is 3.68. The SMILES string of the molecule is [CH3][Al]([CH3])[NH]C1CCCC1. The van der Waals surface area contributed by atoms with Crippen molar-refractivity contribution >= 4 is 14.4 Å². The molecule has 1 aliphatic rings. The second kappa shape index (κ2) is 3.61. The predicted octanol–water partition coefficient (Wildman–Crippen LogP) is 1.77. The molecule has 1 N–H and O–H groups in total. The number of nitrogens with one attached hydrogen (secondary N) is 1. The molecular weight excluding hydrogens is 125 g/mol. The Kier molecular flexibility index (Phi) is 3.05. The Labute approximate surface area is 62.4 Å². The molecule has 0 radical (unpaired) electrons. The van der Waals surface area contributed by atoms with Gasteiger partial charge in [0, 0.05) is 0 Å². The van der Waals surface area contributed by atoms with Gasteiger partial charge >= 0.3 is 14.4 Å². The van der Waals surface area contributed by atoms with Crippen LogP contribution in [0, 0.1) is 0 Å². The average Bonchev–Trinajstić information content (AvgIpc) is 2.15. The summed E-state index contributed by atoms with van der Waals surface area (Å²) < 4.78 is 3.68. The standard InChI is InChI=1S/C5H10N.2CH3.Al/c6-5-3-1-2-4-5;;;/h5-6H,1-4H2;2*1H3;/q-1;;;+1. The average molecular weight is 141 g/mol. The molecule has 1 fully saturated rings. The van der Waals surface area contributed by atoms with E-state index in [-0.39, 0.29) is 0 Å². The molecule has 0 aliphatic heterocycles. The van der Waals surface area contributed by atoms with Crippen LogP contribution in [0.2, 0.25) is 11.6 Å². The molecule has 0 aromatic carbocycles. The minimum Gasteiger partial charge on any atom is -0.396 e. The third-order valence-electron chi connectivity index (χ3n) is 1.92. The van der Waals surface area contributed by atoms with Crippen molar-refractivity contribution in [2.24, 2.45) is 0 Å². The van der Waals surface area contributed by atoms with Crippen molar-refractivity contribution in [2.75, 3.05) is 0 Å². The maximum Gasteiger partial charge on any atom is 0.363 e. The predicted molar refractivity (Wildman–Crippen MR) is 42.9 cm³/mol. The van der Waals surface area contributed by atoms with Crippen molar-refractivity contribution in [1.82, 2.24) is 4.30 Å². The zero-order chi connectivity index (χ0) is 6.69. The molecular formula is C7H16AlN. The van der Waals surface area contributed by atoms with Crippen LogP contribution in [0.15, 0.2) is 0 Å². The van der Waals surface area contributed by atoms with Gasteiger partial charge in [-0.15, -0.1) is 0 Å². The van der Waals surface area contributed by atoms with E-state index < -0.39 is 14.4 Å². The van der Waals surface area contributed by atoms with Crippen LogP contribution >= 0.6 is 0 Å². The molecule has 9 heavy (non-hydrogen) atoms. The van der Waals surface area contributed by atoms with E-state index in [0.29, 0.717) is 0 Å². The summed E-state index contributed by atoms with van der Waals surface area (Å²) in [5, 5.41) is 0. The molecule has 52 valence electrons. The van der Waals surface area contributed by atoms with Gasteiger partial charge in [-0.2, -0.15) is 0 Å². The normalized spacial score (nSPS) is 20.7. The second-order valence-electron chi connectivity index (χ2n) is 3.30. The summed E-state index contributed by atoms with van der Waals surface area (Å²) in [7, 11) is 0. The van der Waals surface area contributed by atoms with E-state index in [1.807, 2.05) is 0 Å². The number of hydrogen-bond acceptors (Lipinski definition) is 1. The lowest BCUT2D eigenvalue weighted by Crippen LogP contribution is -2.35. The highest BCUT2D eigenvalue weighted by Gasteiger charge is 2.16. The van der Waals surface area contributed by atoms with E-state index in [4.69, 9.17) is 0 Å². The Balaban J connectivity index is 2.11. The topological polar surface area (TPSA) is 12.0 Å². The van der Waals surface area contributed by atoms with E-state index in [0.717, 1.165) is 6.04 Å². The van der Waals surface area contributed by atoms with Crippen LogP contribution in [-0.4, -0.2) is 20.4 Å². The summed E-state index contributed by atoms with van der Waals surface area (Å²) in [6.07, 6.45) is 5.79. The highest BCUT2D eigenvalue weighted by Crippen LogP contribution is 2.17. The fourth-order valence-corrected chi connectivity index (χ4v) is 2.84. The molecule has 0 aromatic rings. The monoisotopic (exact) mass is 141 g/mol. The van der Waals surface area contributed by atoms with Crippen LogP contribution in [0.4, 0.5) is 0 Å². The molecule has 1 aliphatic carbocycles. The van der Waals surface area contributed by atoms with Gasteiger partial charge in [-0.25, -0.2) is 0 Å². The van der Waals surface area contributed by atoms with E-state index in [9.17, 15) is 0 Å². The molecule has 1 saturated carbocycles. The molecule has 0 heterocycles. The first-order valence-corrected chi connectivity index (χ1v) is 6.94. The first kappa shape index (κ1) is 7.60. The number of hydrogen-bond donors (Lipinski definition) is 1. The van der Waals surface area contributed by atoms with Crippen LogP contribution in [-0.2, 0) is 0 Å². The molecule has 0 amide bonds. The first-order chi connectivity index (χ1) is 4.29. The summed E-state index contributed by atoms with van der Waals surface area (Å²) in [5.41, 5.74) is 0. The zero-order valence-corrected chi connectivity index (χ0v) is 7.64. The second-order valence-corrected chi connectivity index (χ2v) is 5.95. The third-order valence-corrected chi connectivity index (χ3v) is 3.06. The van der Waals surface area contributed by atoms with Gasteiger partial charge in [0.15, 0.2) is 0 Å². The molecule has 0 spiro atoms. The summed E-state index contributed by atoms with van der Waals surface area (Å²) in [6.45, 7) is 0. The highest BCUT2D eigenvalue weighted by atomic mass is 27.2. The van der Waals surface area contributed by atoms with Crippen molar-refractivity contribution in [1.29, 1.82) is 0 Å². The van der Waals surface area contributed by atoms with Crippen LogP contribution in [0.3, 0.4) is 0 Å². The van der Waals surface area contributed by atoms with Crippen LogP contribution < -0.4 is 4.30 Å². The molecule has 0 unspecified atom stereocenters. The third kappa shape index (κ3) is 2.71. The molecule has 0 aromatic heterocycles. The first-order valence-electron chi connectivity index (χ1n) is 4.05. The lowest BCUT2D eigenvalue weighted by molar-refractivity contribution is 0.639. The smallest absolute Gasteiger partial charge is 0.363 e. The summed E-state index contributed by atoms with van der Waals surface area (Å²) >= 11 is -0.474. The fraction of sp³-hybridized carbons (Fsp3) is 1.00. The minimum absolute atomic E-state index is 0.474. The van der Waals surface area contributed by atoms with Gasteiger partial charge in [0.25, 0.3) is 0 Å². The molecule has 0 atom stereocenters. The molecule has 2 heteroatoms. The van der Waals surface area contributed by atoms with Crippen molar-refractivity contribution < 1.29 is 0 Å². The summed E-state index contributed by atoms with van der Waals surface area (Å²) in [4.78, 5) is 0. The number of rotatable bonds is 2. The van der Waals surface area contributed by atoms with E-state index in [1.54, 1.807) is 0 Å². The lowest BCUT2D eigenvalue weighted by Gasteiger charge is -2.11. The zero-order valence-electron chi connectivity index (χ0n) is 6.48. The maximum absolute atomic E-state index is 3.68. The quantitative estimate of drug-likeness (QED) is 0.578. The van der Waals surface area contributed by atoms with Crippen molar-refractivity contribution in [3.63, 3.8) is 0 Å². The van der Waals surface area contributed by atoms with E-state index in [1.165, 1.54) is 25.7 Å². The fourth-order valence-electron chi connectivity index (χ4n) is 1.56. The van der Waals surface area contributed by atoms with Gasteiger partial charge in [0.05, 0.1) is 0 Å². The van der Waals surface area contributed by atoms with Gasteiger partial charge in [0.1, 0.15) is 0 Å².